The summed E-state index contributed by atoms with van der Waals surface area (Å²) >= 11 is 0. The van der Waals surface area contributed by atoms with Crippen LogP contribution in [0.1, 0.15) is 18.4 Å². The van der Waals surface area contributed by atoms with Gasteiger partial charge in [-0.15, -0.1) is 24.0 Å². The second-order valence-electron chi connectivity index (χ2n) is 5.82. The first-order chi connectivity index (χ1) is 11.8. The molecule has 3 rings (SSSR count). The lowest BCUT2D eigenvalue weighted by Gasteiger charge is -2.36. The number of aliphatic imine (C=N–C) groups is 1. The summed E-state index contributed by atoms with van der Waals surface area (Å²) in [6.07, 6.45) is 4.16. The minimum Gasteiger partial charge on any atom is -0.469 e. The van der Waals surface area contributed by atoms with Crippen LogP contribution in [-0.2, 0) is 13.0 Å². The van der Waals surface area contributed by atoms with E-state index in [1.54, 1.807) is 12.5 Å². The lowest BCUT2D eigenvalue weighted by Crippen LogP contribution is -2.52. The molecule has 25 heavy (non-hydrogen) atoms. The van der Waals surface area contributed by atoms with Gasteiger partial charge in [0.2, 0.25) is 0 Å². The topological polar surface area (TPSA) is 70.0 Å². The molecule has 0 bridgehead atoms. The van der Waals surface area contributed by atoms with Gasteiger partial charge in [-0.1, -0.05) is 5.16 Å². The number of hydrogen-bond acceptors (Lipinski definition) is 5. The van der Waals surface area contributed by atoms with Crippen LogP contribution in [0.5, 0.6) is 0 Å². The Hall–Kier alpha value is -1.55. The van der Waals surface area contributed by atoms with Crippen molar-refractivity contribution in [3.05, 3.63) is 42.2 Å². The fourth-order valence-electron chi connectivity index (χ4n) is 2.82. The van der Waals surface area contributed by atoms with E-state index in [2.05, 4.69) is 27.2 Å². The molecule has 0 spiro atoms. The molecular weight excluding hydrogens is 433 g/mol. The van der Waals surface area contributed by atoms with E-state index in [1.807, 2.05) is 18.2 Å². The normalized spacial score (nSPS) is 15.9. The van der Waals surface area contributed by atoms with Crippen LogP contribution < -0.4 is 5.32 Å². The first-order valence-corrected chi connectivity index (χ1v) is 8.52. The molecule has 1 saturated heterocycles. The van der Waals surface area contributed by atoms with Crippen LogP contribution in [-0.4, -0.2) is 60.2 Å². The van der Waals surface area contributed by atoms with Crippen LogP contribution in [0.25, 0.3) is 0 Å². The van der Waals surface area contributed by atoms with Crippen molar-refractivity contribution in [2.24, 2.45) is 4.99 Å². The van der Waals surface area contributed by atoms with E-state index in [0.717, 1.165) is 69.6 Å². The van der Waals surface area contributed by atoms with Crippen molar-refractivity contribution in [1.82, 2.24) is 20.3 Å². The molecule has 138 valence electrons. The van der Waals surface area contributed by atoms with Crippen molar-refractivity contribution < 1.29 is 8.94 Å². The van der Waals surface area contributed by atoms with Crippen molar-refractivity contribution >= 4 is 29.9 Å². The SMILES string of the molecule is CCNC(=NCCc1ccco1)N1CCN(Cc2ccon2)CC1.I. The van der Waals surface area contributed by atoms with Crippen LogP contribution >= 0.6 is 24.0 Å². The predicted molar refractivity (Wildman–Crippen MR) is 107 cm³/mol. The Balaban J connectivity index is 0.00000225. The zero-order valence-electron chi connectivity index (χ0n) is 14.6. The summed E-state index contributed by atoms with van der Waals surface area (Å²) in [6.45, 7) is 8.47. The monoisotopic (exact) mass is 459 g/mol. The molecule has 7 nitrogen and oxygen atoms in total. The summed E-state index contributed by atoms with van der Waals surface area (Å²) in [5, 5.41) is 7.38. The van der Waals surface area contributed by atoms with Crippen molar-refractivity contribution in [2.45, 2.75) is 19.9 Å². The third kappa shape index (κ3) is 6.03. The van der Waals surface area contributed by atoms with Crippen LogP contribution in [0, 0.1) is 0 Å². The number of guanidine groups is 1. The highest BCUT2D eigenvalue weighted by atomic mass is 127. The number of aromatic nitrogens is 1. The minimum absolute atomic E-state index is 0. The molecule has 0 aromatic carbocycles. The van der Waals surface area contributed by atoms with Gasteiger partial charge in [-0.2, -0.15) is 0 Å². The van der Waals surface area contributed by atoms with Gasteiger partial charge >= 0.3 is 0 Å². The molecule has 0 unspecified atom stereocenters. The summed E-state index contributed by atoms with van der Waals surface area (Å²) in [5.41, 5.74) is 0.988. The molecule has 1 aliphatic heterocycles. The van der Waals surface area contributed by atoms with Gasteiger partial charge in [0.15, 0.2) is 5.96 Å². The number of hydrogen-bond donors (Lipinski definition) is 1. The average molecular weight is 459 g/mol. The molecule has 0 aliphatic carbocycles. The highest BCUT2D eigenvalue weighted by molar-refractivity contribution is 14.0. The molecule has 3 heterocycles. The Morgan fingerprint density at radius 1 is 1.24 bits per heavy atom. The summed E-state index contributed by atoms with van der Waals surface area (Å²) < 4.78 is 10.3. The van der Waals surface area contributed by atoms with Crippen molar-refractivity contribution in [2.75, 3.05) is 39.3 Å². The minimum atomic E-state index is 0. The Morgan fingerprint density at radius 2 is 2.08 bits per heavy atom. The standard InChI is InChI=1S/C17H25N5O2.HI/c1-2-18-17(19-7-5-16-4-3-12-23-16)22-10-8-21(9-11-22)14-15-6-13-24-20-15;/h3-4,6,12-13H,2,5,7-11,14H2,1H3,(H,18,19);1H. The zero-order valence-corrected chi connectivity index (χ0v) is 16.9. The number of piperazine rings is 1. The van der Waals surface area contributed by atoms with Gasteiger partial charge in [0.25, 0.3) is 0 Å². The molecule has 1 fully saturated rings. The number of halogens is 1. The second kappa shape index (κ2) is 10.4. The molecule has 2 aromatic heterocycles. The van der Waals surface area contributed by atoms with Crippen LogP contribution in [0.4, 0.5) is 0 Å². The number of nitrogens with one attached hydrogen (secondary N) is 1. The van der Waals surface area contributed by atoms with Gasteiger partial charge < -0.3 is 19.2 Å². The third-order valence-electron chi connectivity index (χ3n) is 4.08. The Labute approximate surface area is 165 Å². The molecule has 2 aromatic rings. The largest absolute Gasteiger partial charge is 0.469 e. The first-order valence-electron chi connectivity index (χ1n) is 8.52. The van der Waals surface area contributed by atoms with Gasteiger partial charge in [-0.25, -0.2) is 0 Å². The lowest BCUT2D eigenvalue weighted by atomic mass is 10.3. The lowest BCUT2D eigenvalue weighted by molar-refractivity contribution is 0.169. The average Bonchev–Trinajstić information content (AvgIpc) is 3.29. The maximum Gasteiger partial charge on any atom is 0.194 e. The van der Waals surface area contributed by atoms with Gasteiger partial charge in [0.05, 0.1) is 12.0 Å². The predicted octanol–water partition coefficient (Wildman–Crippen LogP) is 2.21. The number of nitrogens with zero attached hydrogens (tertiary/aromatic N) is 4. The quantitative estimate of drug-likeness (QED) is 0.406. The molecule has 1 aliphatic rings. The molecule has 1 N–H and O–H groups in total. The van der Waals surface area contributed by atoms with Crippen LogP contribution in [0.3, 0.4) is 0 Å². The van der Waals surface area contributed by atoms with Crippen molar-refractivity contribution in [3.63, 3.8) is 0 Å². The highest BCUT2D eigenvalue weighted by Gasteiger charge is 2.20. The molecular formula is C17H26IN5O2. The molecule has 0 radical (unpaired) electrons. The maximum atomic E-state index is 5.36. The first kappa shape index (κ1) is 19.8. The Morgan fingerprint density at radius 3 is 2.72 bits per heavy atom. The van der Waals surface area contributed by atoms with E-state index in [-0.39, 0.29) is 24.0 Å². The van der Waals surface area contributed by atoms with E-state index in [4.69, 9.17) is 13.9 Å². The number of rotatable bonds is 6. The second-order valence-corrected chi connectivity index (χ2v) is 5.82. The van der Waals surface area contributed by atoms with Crippen LogP contribution in [0.2, 0.25) is 0 Å². The van der Waals surface area contributed by atoms with E-state index in [1.165, 1.54) is 0 Å². The molecule has 0 saturated carbocycles. The summed E-state index contributed by atoms with van der Waals surface area (Å²) in [4.78, 5) is 9.45. The smallest absolute Gasteiger partial charge is 0.194 e. The Bertz CT molecular complexity index is 607. The van der Waals surface area contributed by atoms with E-state index in [9.17, 15) is 0 Å². The molecule has 8 heteroatoms. The highest BCUT2D eigenvalue weighted by Crippen LogP contribution is 2.08. The van der Waals surface area contributed by atoms with Gasteiger partial charge in [0, 0.05) is 58.3 Å². The van der Waals surface area contributed by atoms with E-state index < -0.39 is 0 Å². The van der Waals surface area contributed by atoms with Crippen LogP contribution in [0.15, 0.2) is 44.7 Å². The van der Waals surface area contributed by atoms with Crippen molar-refractivity contribution in [1.29, 1.82) is 0 Å². The molecule has 0 amide bonds. The summed E-state index contributed by atoms with van der Waals surface area (Å²) in [7, 11) is 0. The zero-order chi connectivity index (χ0) is 16.6. The fourth-order valence-corrected chi connectivity index (χ4v) is 2.82. The summed E-state index contributed by atoms with van der Waals surface area (Å²) in [6, 6.07) is 5.83. The van der Waals surface area contributed by atoms with Crippen molar-refractivity contribution in [3.8, 4) is 0 Å². The molecule has 0 atom stereocenters. The van der Waals surface area contributed by atoms with Gasteiger partial charge in [0.1, 0.15) is 12.0 Å². The third-order valence-corrected chi connectivity index (χ3v) is 4.08. The van der Waals surface area contributed by atoms with E-state index in [0.29, 0.717) is 0 Å². The Kier molecular flexibility index (Phi) is 8.26. The maximum absolute atomic E-state index is 5.36. The number of furan rings is 1. The van der Waals surface area contributed by atoms with E-state index >= 15 is 0 Å². The summed E-state index contributed by atoms with van der Waals surface area (Å²) in [5.74, 6) is 1.97. The van der Waals surface area contributed by atoms with Gasteiger partial charge in [-0.3, -0.25) is 9.89 Å². The van der Waals surface area contributed by atoms with Gasteiger partial charge in [-0.05, 0) is 19.1 Å². The fraction of sp³-hybridized carbons (Fsp3) is 0.529.